The minimum absolute atomic E-state index is 0.0306. The smallest absolute Gasteiger partial charge is 0.227 e. The quantitative estimate of drug-likeness (QED) is 0.775. The number of hydrogen-bond acceptors (Lipinski definition) is 3. The molecule has 0 aliphatic heterocycles. The van der Waals surface area contributed by atoms with Crippen LogP contribution in [0.4, 0.5) is 4.39 Å². The predicted octanol–water partition coefficient (Wildman–Crippen LogP) is 3.75. The van der Waals surface area contributed by atoms with Crippen LogP contribution in [0, 0.1) is 5.82 Å². The second kappa shape index (κ2) is 4.64. The van der Waals surface area contributed by atoms with E-state index in [2.05, 4.69) is 4.98 Å². The third-order valence-corrected chi connectivity index (χ3v) is 3.13. The molecule has 0 saturated carbocycles. The predicted molar refractivity (Wildman–Crippen MR) is 72.3 cm³/mol. The molecular weight excluding hydrogens is 267 g/mol. The number of oxazole rings is 1. The van der Waals surface area contributed by atoms with Crippen LogP contribution in [-0.4, -0.2) is 4.98 Å². The highest BCUT2D eigenvalue weighted by Crippen LogP contribution is 2.28. The van der Waals surface area contributed by atoms with Crippen LogP contribution in [0.1, 0.15) is 5.56 Å². The van der Waals surface area contributed by atoms with E-state index in [-0.39, 0.29) is 5.02 Å². The maximum absolute atomic E-state index is 13.3. The van der Waals surface area contributed by atoms with Crippen molar-refractivity contribution in [3.05, 3.63) is 52.8 Å². The Bertz CT molecular complexity index is 715. The van der Waals surface area contributed by atoms with Gasteiger partial charge in [0.2, 0.25) is 5.89 Å². The molecule has 2 aromatic carbocycles. The van der Waals surface area contributed by atoms with Gasteiger partial charge in [0, 0.05) is 18.2 Å². The molecule has 1 aromatic heterocycles. The zero-order valence-corrected chi connectivity index (χ0v) is 10.6. The Hall–Kier alpha value is -1.91. The van der Waals surface area contributed by atoms with Crippen LogP contribution in [0.25, 0.3) is 22.6 Å². The first-order valence-corrected chi connectivity index (χ1v) is 6.10. The van der Waals surface area contributed by atoms with Crippen molar-refractivity contribution in [3.8, 4) is 11.5 Å². The van der Waals surface area contributed by atoms with Gasteiger partial charge in [-0.1, -0.05) is 23.7 Å². The molecule has 0 unspecified atom stereocenters. The van der Waals surface area contributed by atoms with Gasteiger partial charge in [0.15, 0.2) is 5.58 Å². The van der Waals surface area contributed by atoms with Crippen LogP contribution in [0.3, 0.4) is 0 Å². The summed E-state index contributed by atoms with van der Waals surface area (Å²) in [4.78, 5) is 4.30. The molecule has 0 radical (unpaired) electrons. The SMILES string of the molecule is NCc1cccc(-c2nc3cc(Cl)c(F)cc3o2)c1. The molecule has 0 saturated heterocycles. The van der Waals surface area contributed by atoms with Gasteiger partial charge < -0.3 is 10.2 Å². The van der Waals surface area contributed by atoms with Gasteiger partial charge in [-0.15, -0.1) is 0 Å². The topological polar surface area (TPSA) is 52.0 Å². The monoisotopic (exact) mass is 276 g/mol. The fourth-order valence-electron chi connectivity index (χ4n) is 1.88. The molecule has 3 nitrogen and oxygen atoms in total. The van der Waals surface area contributed by atoms with Crippen LogP contribution < -0.4 is 5.73 Å². The Morgan fingerprint density at radius 2 is 2.11 bits per heavy atom. The van der Waals surface area contributed by atoms with Crippen molar-refractivity contribution in [2.45, 2.75) is 6.54 Å². The zero-order valence-electron chi connectivity index (χ0n) is 9.86. The van der Waals surface area contributed by atoms with Crippen LogP contribution in [-0.2, 0) is 6.54 Å². The fourth-order valence-corrected chi connectivity index (χ4v) is 2.04. The highest BCUT2D eigenvalue weighted by atomic mass is 35.5. The molecule has 0 spiro atoms. The van der Waals surface area contributed by atoms with Crippen LogP contribution in [0.5, 0.6) is 0 Å². The van der Waals surface area contributed by atoms with Crippen LogP contribution in [0.15, 0.2) is 40.8 Å². The second-order valence-electron chi connectivity index (χ2n) is 4.16. The average Bonchev–Trinajstić information content (AvgIpc) is 2.82. The number of rotatable bonds is 2. The van der Waals surface area contributed by atoms with E-state index in [4.69, 9.17) is 21.8 Å². The van der Waals surface area contributed by atoms with Crippen molar-refractivity contribution in [1.82, 2.24) is 4.98 Å². The first-order valence-electron chi connectivity index (χ1n) is 5.72. The molecule has 3 rings (SSSR count). The Morgan fingerprint density at radius 3 is 2.89 bits per heavy atom. The second-order valence-corrected chi connectivity index (χ2v) is 4.56. The van der Waals surface area contributed by atoms with Crippen molar-refractivity contribution in [2.75, 3.05) is 0 Å². The first kappa shape index (κ1) is 12.1. The zero-order chi connectivity index (χ0) is 13.4. The Balaban J connectivity index is 2.14. The maximum Gasteiger partial charge on any atom is 0.227 e. The van der Waals surface area contributed by atoms with Gasteiger partial charge in [0.05, 0.1) is 5.02 Å². The lowest BCUT2D eigenvalue weighted by Gasteiger charge is -1.98. The normalized spacial score (nSPS) is 11.1. The molecule has 5 heteroatoms. The maximum atomic E-state index is 13.3. The number of hydrogen-bond donors (Lipinski definition) is 1. The van der Waals surface area contributed by atoms with Crippen molar-refractivity contribution < 1.29 is 8.81 Å². The standard InChI is InChI=1S/C14H10ClFN2O/c15-10-5-12-13(6-11(10)16)19-14(18-12)9-3-1-2-8(4-9)7-17/h1-6H,7,17H2. The van der Waals surface area contributed by atoms with Crippen molar-refractivity contribution in [1.29, 1.82) is 0 Å². The largest absolute Gasteiger partial charge is 0.436 e. The van der Waals surface area contributed by atoms with E-state index in [9.17, 15) is 4.39 Å². The van der Waals surface area contributed by atoms with Crippen LogP contribution in [0.2, 0.25) is 5.02 Å². The van der Waals surface area contributed by atoms with Crippen molar-refractivity contribution >= 4 is 22.7 Å². The molecule has 0 aliphatic rings. The lowest BCUT2D eigenvalue weighted by molar-refractivity contribution is 0.602. The molecule has 0 fully saturated rings. The molecule has 1 heterocycles. The van der Waals surface area contributed by atoms with Gasteiger partial charge in [0.1, 0.15) is 11.3 Å². The summed E-state index contributed by atoms with van der Waals surface area (Å²) in [5, 5.41) is 0.0306. The number of aromatic nitrogens is 1. The highest BCUT2D eigenvalue weighted by Gasteiger charge is 2.11. The van der Waals surface area contributed by atoms with Gasteiger partial charge in [-0.25, -0.2) is 9.37 Å². The Labute approximate surface area is 113 Å². The summed E-state index contributed by atoms with van der Waals surface area (Å²) in [6.07, 6.45) is 0. The molecule has 2 N–H and O–H groups in total. The molecule has 0 atom stereocenters. The summed E-state index contributed by atoms with van der Waals surface area (Å²) >= 11 is 5.72. The number of benzene rings is 2. The molecular formula is C14H10ClFN2O. The van der Waals surface area contributed by atoms with Gasteiger partial charge in [-0.05, 0) is 23.8 Å². The highest BCUT2D eigenvalue weighted by molar-refractivity contribution is 6.31. The summed E-state index contributed by atoms with van der Waals surface area (Å²) < 4.78 is 18.9. The number of fused-ring (bicyclic) bond motifs is 1. The molecule has 0 bridgehead atoms. The van der Waals surface area contributed by atoms with Crippen molar-refractivity contribution in [3.63, 3.8) is 0 Å². The summed E-state index contributed by atoms with van der Waals surface area (Å²) in [6.45, 7) is 0.439. The van der Waals surface area contributed by atoms with Gasteiger partial charge >= 0.3 is 0 Å². The van der Waals surface area contributed by atoms with E-state index in [1.165, 1.54) is 12.1 Å². The van der Waals surface area contributed by atoms with Gasteiger partial charge in [-0.3, -0.25) is 0 Å². The van der Waals surface area contributed by atoms with E-state index in [1.54, 1.807) is 0 Å². The average molecular weight is 277 g/mol. The first-order chi connectivity index (χ1) is 9.17. The Morgan fingerprint density at radius 1 is 1.26 bits per heavy atom. The van der Waals surface area contributed by atoms with E-state index < -0.39 is 5.82 Å². The lowest BCUT2D eigenvalue weighted by Crippen LogP contribution is -1.95. The molecule has 19 heavy (non-hydrogen) atoms. The minimum atomic E-state index is -0.521. The number of nitrogens with two attached hydrogens (primary N) is 1. The van der Waals surface area contributed by atoms with E-state index >= 15 is 0 Å². The molecule has 0 aliphatic carbocycles. The van der Waals surface area contributed by atoms with Gasteiger partial charge in [-0.2, -0.15) is 0 Å². The Kier molecular flexibility index (Phi) is 2.97. The molecule has 0 amide bonds. The van der Waals surface area contributed by atoms with Crippen molar-refractivity contribution in [2.24, 2.45) is 5.73 Å². The fraction of sp³-hybridized carbons (Fsp3) is 0.0714. The minimum Gasteiger partial charge on any atom is -0.436 e. The molecule has 3 aromatic rings. The summed E-state index contributed by atoms with van der Waals surface area (Å²) in [7, 11) is 0. The summed E-state index contributed by atoms with van der Waals surface area (Å²) in [6, 6.07) is 10.2. The lowest BCUT2D eigenvalue weighted by atomic mass is 10.1. The van der Waals surface area contributed by atoms with E-state index in [0.29, 0.717) is 23.5 Å². The molecule has 96 valence electrons. The van der Waals surface area contributed by atoms with E-state index in [1.807, 2.05) is 24.3 Å². The third kappa shape index (κ3) is 2.20. The van der Waals surface area contributed by atoms with E-state index in [0.717, 1.165) is 11.1 Å². The number of nitrogens with zero attached hydrogens (tertiary/aromatic N) is 1. The third-order valence-electron chi connectivity index (χ3n) is 2.84. The number of halogens is 2. The summed E-state index contributed by atoms with van der Waals surface area (Å²) in [5.74, 6) is -0.0976. The summed E-state index contributed by atoms with van der Waals surface area (Å²) in [5.41, 5.74) is 8.27. The van der Waals surface area contributed by atoms with Crippen LogP contribution >= 0.6 is 11.6 Å². The van der Waals surface area contributed by atoms with Gasteiger partial charge in [0.25, 0.3) is 0 Å².